The van der Waals surface area contributed by atoms with Crippen LogP contribution in [0.1, 0.15) is 37.6 Å². The lowest BCUT2D eigenvalue weighted by molar-refractivity contribution is 0.102. The summed E-state index contributed by atoms with van der Waals surface area (Å²) in [6.07, 6.45) is 1.68. The molecule has 1 amide bonds. The van der Waals surface area contributed by atoms with Crippen molar-refractivity contribution in [3.63, 3.8) is 0 Å². The third-order valence-corrected chi connectivity index (χ3v) is 5.93. The van der Waals surface area contributed by atoms with Gasteiger partial charge in [0.2, 0.25) is 0 Å². The number of aryl methyl sites for hydroxylation is 1. The average molecular weight is 434 g/mol. The Morgan fingerprint density at radius 2 is 2.00 bits per heavy atom. The Bertz CT molecular complexity index is 986. The van der Waals surface area contributed by atoms with Crippen molar-refractivity contribution in [2.24, 2.45) is 0 Å². The van der Waals surface area contributed by atoms with Gasteiger partial charge in [0.25, 0.3) is 5.91 Å². The van der Waals surface area contributed by atoms with E-state index in [1.165, 1.54) is 22.5 Å². The Hall–Kier alpha value is -1.92. The number of thiazole rings is 1. The summed E-state index contributed by atoms with van der Waals surface area (Å²) in [4.78, 5) is 18.4. The molecule has 28 heavy (non-hydrogen) atoms. The quantitative estimate of drug-likeness (QED) is 0.607. The number of rotatable bonds is 4. The molecular weight excluding hydrogens is 413 g/mol. The van der Waals surface area contributed by atoms with Crippen LogP contribution in [0.5, 0.6) is 0 Å². The second kappa shape index (κ2) is 9.05. The predicted octanol–water partition coefficient (Wildman–Crippen LogP) is 5.02. The van der Waals surface area contributed by atoms with E-state index in [1.54, 1.807) is 0 Å². The fraction of sp³-hybridized carbons (Fsp3) is 0.238. The van der Waals surface area contributed by atoms with Crippen molar-refractivity contribution in [2.75, 3.05) is 11.9 Å². The molecule has 4 rings (SSSR count). The van der Waals surface area contributed by atoms with Crippen molar-refractivity contribution in [1.29, 1.82) is 0 Å². The van der Waals surface area contributed by atoms with Crippen LogP contribution in [-0.4, -0.2) is 17.4 Å². The van der Waals surface area contributed by atoms with Crippen LogP contribution in [0.25, 0.3) is 0 Å². The van der Waals surface area contributed by atoms with Gasteiger partial charge in [-0.2, -0.15) is 0 Å². The minimum absolute atomic E-state index is 0. The van der Waals surface area contributed by atoms with E-state index in [1.807, 2.05) is 49.4 Å². The Kier molecular flexibility index (Phi) is 6.73. The number of nitrogens with zero attached hydrogens (tertiary/aromatic N) is 1. The molecule has 1 aliphatic rings. The zero-order valence-electron chi connectivity index (χ0n) is 15.4. The zero-order chi connectivity index (χ0) is 18.8. The SMILES string of the molecule is Cc1sc(NC(=O)c2ccc3c(c2)CCNC3)nc1Cc1ccc(Cl)cc1.Cl. The summed E-state index contributed by atoms with van der Waals surface area (Å²) in [5, 5.41) is 7.66. The van der Waals surface area contributed by atoms with E-state index in [9.17, 15) is 4.79 Å². The molecule has 1 aliphatic heterocycles. The zero-order valence-corrected chi connectivity index (χ0v) is 17.8. The summed E-state index contributed by atoms with van der Waals surface area (Å²) in [5.41, 5.74) is 5.33. The molecule has 0 saturated heterocycles. The normalized spacial score (nSPS) is 12.8. The molecule has 0 radical (unpaired) electrons. The van der Waals surface area contributed by atoms with Gasteiger partial charge in [0.05, 0.1) is 5.69 Å². The van der Waals surface area contributed by atoms with Gasteiger partial charge in [0.1, 0.15) is 0 Å². The molecule has 3 aromatic rings. The topological polar surface area (TPSA) is 54.0 Å². The highest BCUT2D eigenvalue weighted by atomic mass is 35.5. The number of carbonyl (C=O) groups is 1. The van der Waals surface area contributed by atoms with Crippen LogP contribution in [0.3, 0.4) is 0 Å². The van der Waals surface area contributed by atoms with Crippen molar-refractivity contribution in [1.82, 2.24) is 10.3 Å². The number of hydrogen-bond donors (Lipinski definition) is 2. The van der Waals surface area contributed by atoms with Crippen LogP contribution in [0.4, 0.5) is 5.13 Å². The number of nitrogens with one attached hydrogen (secondary N) is 2. The fourth-order valence-electron chi connectivity index (χ4n) is 3.23. The first-order chi connectivity index (χ1) is 13.1. The second-order valence-electron chi connectivity index (χ2n) is 6.69. The monoisotopic (exact) mass is 433 g/mol. The van der Waals surface area contributed by atoms with E-state index < -0.39 is 0 Å². The molecule has 0 unspecified atom stereocenters. The van der Waals surface area contributed by atoms with Crippen LogP contribution >= 0.6 is 35.3 Å². The summed E-state index contributed by atoms with van der Waals surface area (Å²) in [5.74, 6) is -0.108. The maximum atomic E-state index is 12.6. The minimum Gasteiger partial charge on any atom is -0.312 e. The van der Waals surface area contributed by atoms with Crippen molar-refractivity contribution >= 4 is 46.4 Å². The molecule has 0 saturated carbocycles. The molecule has 0 aliphatic carbocycles. The van der Waals surface area contributed by atoms with Crippen LogP contribution < -0.4 is 10.6 Å². The van der Waals surface area contributed by atoms with Gasteiger partial charge in [-0.1, -0.05) is 29.8 Å². The van der Waals surface area contributed by atoms with Crippen molar-refractivity contribution in [3.05, 3.63) is 80.3 Å². The molecular formula is C21H21Cl2N3OS. The first-order valence-corrected chi connectivity index (χ1v) is 10.1. The van der Waals surface area contributed by atoms with Gasteiger partial charge in [-0.05, 0) is 60.8 Å². The molecule has 2 aromatic carbocycles. The maximum absolute atomic E-state index is 12.6. The van der Waals surface area contributed by atoms with Crippen LogP contribution in [0, 0.1) is 6.92 Å². The minimum atomic E-state index is -0.108. The third-order valence-electron chi connectivity index (χ3n) is 4.75. The van der Waals surface area contributed by atoms with Gasteiger partial charge < -0.3 is 5.32 Å². The number of amides is 1. The molecule has 0 fully saturated rings. The number of halogens is 2. The fourth-order valence-corrected chi connectivity index (χ4v) is 4.18. The first-order valence-electron chi connectivity index (χ1n) is 8.93. The number of hydrogen-bond acceptors (Lipinski definition) is 4. The van der Waals surface area contributed by atoms with Gasteiger partial charge in [-0.25, -0.2) is 4.98 Å². The summed E-state index contributed by atoms with van der Waals surface area (Å²) in [7, 11) is 0. The lowest BCUT2D eigenvalue weighted by atomic mass is 9.98. The Morgan fingerprint density at radius 1 is 1.21 bits per heavy atom. The number of benzene rings is 2. The summed E-state index contributed by atoms with van der Waals surface area (Å²) < 4.78 is 0. The molecule has 2 heterocycles. The van der Waals surface area contributed by atoms with E-state index in [4.69, 9.17) is 11.6 Å². The number of aromatic nitrogens is 1. The highest BCUT2D eigenvalue weighted by Crippen LogP contribution is 2.25. The van der Waals surface area contributed by atoms with Gasteiger partial charge >= 0.3 is 0 Å². The Morgan fingerprint density at radius 3 is 2.79 bits per heavy atom. The van der Waals surface area contributed by atoms with Gasteiger partial charge in [-0.15, -0.1) is 23.7 Å². The van der Waals surface area contributed by atoms with Gasteiger partial charge in [0.15, 0.2) is 5.13 Å². The molecule has 0 bridgehead atoms. The van der Waals surface area contributed by atoms with Crippen molar-refractivity contribution in [3.8, 4) is 0 Å². The molecule has 4 nitrogen and oxygen atoms in total. The Labute approximate surface area is 179 Å². The Balaban J connectivity index is 0.00000225. The van der Waals surface area contributed by atoms with Gasteiger partial charge in [0, 0.05) is 28.4 Å². The summed E-state index contributed by atoms with van der Waals surface area (Å²) in [6, 6.07) is 13.7. The van der Waals surface area contributed by atoms with Gasteiger partial charge in [-0.3, -0.25) is 10.1 Å². The van der Waals surface area contributed by atoms with Crippen LogP contribution in [0.15, 0.2) is 42.5 Å². The first kappa shape index (κ1) is 20.8. The van der Waals surface area contributed by atoms with E-state index >= 15 is 0 Å². The lowest BCUT2D eigenvalue weighted by Gasteiger charge is -2.17. The van der Waals surface area contributed by atoms with Crippen LogP contribution in [0.2, 0.25) is 5.02 Å². The third kappa shape index (κ3) is 4.73. The van der Waals surface area contributed by atoms with E-state index in [0.29, 0.717) is 10.7 Å². The number of carbonyl (C=O) groups excluding carboxylic acids is 1. The number of anilines is 1. The van der Waals surface area contributed by atoms with Crippen molar-refractivity contribution in [2.45, 2.75) is 26.3 Å². The highest BCUT2D eigenvalue weighted by molar-refractivity contribution is 7.15. The smallest absolute Gasteiger partial charge is 0.257 e. The molecule has 2 N–H and O–H groups in total. The molecule has 1 aromatic heterocycles. The molecule has 0 atom stereocenters. The predicted molar refractivity (Wildman–Crippen MR) is 118 cm³/mol. The van der Waals surface area contributed by atoms with Crippen LogP contribution in [-0.2, 0) is 19.4 Å². The lowest BCUT2D eigenvalue weighted by Crippen LogP contribution is -2.24. The molecule has 7 heteroatoms. The summed E-state index contributed by atoms with van der Waals surface area (Å²) >= 11 is 7.45. The average Bonchev–Trinajstić information content (AvgIpc) is 3.02. The maximum Gasteiger partial charge on any atom is 0.257 e. The largest absolute Gasteiger partial charge is 0.312 e. The summed E-state index contributed by atoms with van der Waals surface area (Å²) in [6.45, 7) is 3.86. The van der Waals surface area contributed by atoms with E-state index in [0.717, 1.165) is 47.1 Å². The van der Waals surface area contributed by atoms with E-state index in [-0.39, 0.29) is 18.3 Å². The molecule has 146 valence electrons. The standard InChI is InChI=1S/C21H20ClN3OS.ClH/c1-13-19(10-14-2-6-18(22)7-3-14)24-21(27-13)25-20(26)16-4-5-17-12-23-9-8-15(17)11-16;/h2-7,11,23H,8-10,12H2,1H3,(H,24,25,26);1H. The van der Waals surface area contributed by atoms with Crippen molar-refractivity contribution < 1.29 is 4.79 Å². The molecule has 0 spiro atoms. The number of fused-ring (bicyclic) bond motifs is 1. The highest BCUT2D eigenvalue weighted by Gasteiger charge is 2.15. The second-order valence-corrected chi connectivity index (χ2v) is 8.33. The van der Waals surface area contributed by atoms with E-state index in [2.05, 4.69) is 15.6 Å².